The number of ether oxygens (including phenoxy) is 2. The molecule has 0 amide bonds. The van der Waals surface area contributed by atoms with Crippen LogP contribution < -0.4 is 4.74 Å². The van der Waals surface area contributed by atoms with Crippen molar-refractivity contribution in [3.8, 4) is 5.75 Å². The Morgan fingerprint density at radius 2 is 1.90 bits per heavy atom. The van der Waals surface area contributed by atoms with E-state index in [1.165, 1.54) is 10.9 Å². The monoisotopic (exact) mass is 334 g/mol. The maximum Gasteiger partial charge on any atom is 0.126 e. The van der Waals surface area contributed by atoms with Crippen molar-refractivity contribution in [2.45, 2.75) is 36.8 Å². The largest absolute Gasteiger partial charge is 0.496 e. The van der Waals surface area contributed by atoms with Crippen LogP contribution in [0.5, 0.6) is 5.75 Å². The molecule has 0 bridgehead atoms. The van der Waals surface area contributed by atoms with E-state index >= 15 is 0 Å². The van der Waals surface area contributed by atoms with Crippen LogP contribution in [0, 0.1) is 0 Å². The summed E-state index contributed by atoms with van der Waals surface area (Å²) < 4.78 is 11.5. The zero-order valence-corrected chi connectivity index (χ0v) is 13.4. The molecule has 1 saturated heterocycles. The van der Waals surface area contributed by atoms with E-state index in [-0.39, 0.29) is 10.9 Å². The molecular weight excluding hydrogens is 316 g/mol. The molecule has 1 heterocycles. The Kier molecular flexibility index (Phi) is 3.99. The minimum absolute atomic E-state index is 0.225. The Hall–Kier alpha value is -1.06. The third-order valence-electron chi connectivity index (χ3n) is 4.03. The molecular formula is C17H19BrO2. The van der Waals surface area contributed by atoms with Crippen molar-refractivity contribution >= 4 is 26.7 Å². The lowest BCUT2D eigenvalue weighted by Gasteiger charge is -2.20. The molecule has 0 N–H and O–H groups in total. The second kappa shape index (κ2) is 5.74. The molecule has 3 atom stereocenters. The number of halogens is 1. The summed E-state index contributed by atoms with van der Waals surface area (Å²) >= 11 is 3.84. The van der Waals surface area contributed by atoms with Gasteiger partial charge in [-0.05, 0) is 36.8 Å². The average molecular weight is 335 g/mol. The number of hydrogen-bond acceptors (Lipinski definition) is 2. The lowest BCUT2D eigenvalue weighted by molar-refractivity contribution is 0.0558. The highest BCUT2D eigenvalue weighted by Gasteiger charge is 2.30. The molecule has 1 aliphatic rings. The molecule has 0 aromatic heterocycles. The van der Waals surface area contributed by atoms with E-state index < -0.39 is 0 Å². The zero-order chi connectivity index (χ0) is 14.1. The first-order chi connectivity index (χ1) is 9.70. The highest BCUT2D eigenvalue weighted by molar-refractivity contribution is 9.09. The first-order valence-corrected chi connectivity index (χ1v) is 7.97. The van der Waals surface area contributed by atoms with E-state index in [2.05, 4.69) is 47.1 Å². The van der Waals surface area contributed by atoms with Gasteiger partial charge in [0.1, 0.15) is 5.75 Å². The standard InChI is InChI=1S/C17H19BrO2/c1-11-7-9-16(20-11)17(18)14-8-10-15(19-2)13-6-4-3-5-12(13)14/h3-6,8,10-11,16-17H,7,9H2,1-2H3. The zero-order valence-electron chi connectivity index (χ0n) is 11.8. The van der Waals surface area contributed by atoms with Crippen molar-refractivity contribution in [1.82, 2.24) is 0 Å². The van der Waals surface area contributed by atoms with Gasteiger partial charge in [0.2, 0.25) is 0 Å². The van der Waals surface area contributed by atoms with Crippen LogP contribution in [0.2, 0.25) is 0 Å². The number of methoxy groups -OCH3 is 1. The number of hydrogen-bond donors (Lipinski definition) is 0. The molecule has 106 valence electrons. The van der Waals surface area contributed by atoms with Crippen LogP contribution in [0.15, 0.2) is 36.4 Å². The smallest absolute Gasteiger partial charge is 0.126 e. The first-order valence-electron chi connectivity index (χ1n) is 7.06. The van der Waals surface area contributed by atoms with Crippen LogP contribution in [0.4, 0.5) is 0 Å². The van der Waals surface area contributed by atoms with Crippen LogP contribution in [0.25, 0.3) is 10.8 Å². The molecule has 20 heavy (non-hydrogen) atoms. The van der Waals surface area contributed by atoms with Crippen molar-refractivity contribution in [3.05, 3.63) is 42.0 Å². The molecule has 0 radical (unpaired) electrons. The summed E-state index contributed by atoms with van der Waals surface area (Å²) in [6.07, 6.45) is 2.87. The summed E-state index contributed by atoms with van der Waals surface area (Å²) in [5.41, 5.74) is 1.28. The fourth-order valence-corrected chi connectivity index (χ4v) is 3.75. The molecule has 3 heteroatoms. The van der Waals surface area contributed by atoms with Gasteiger partial charge in [-0.3, -0.25) is 0 Å². The van der Waals surface area contributed by atoms with Gasteiger partial charge in [-0.2, -0.15) is 0 Å². The van der Waals surface area contributed by atoms with E-state index in [1.807, 2.05) is 12.1 Å². The Morgan fingerprint density at radius 1 is 1.15 bits per heavy atom. The molecule has 3 unspecified atom stereocenters. The Balaban J connectivity index is 2.03. The maximum atomic E-state index is 6.00. The van der Waals surface area contributed by atoms with Crippen LogP contribution in [-0.2, 0) is 4.74 Å². The second-order valence-electron chi connectivity index (χ2n) is 5.37. The van der Waals surface area contributed by atoms with Crippen molar-refractivity contribution in [2.75, 3.05) is 7.11 Å². The first kappa shape index (κ1) is 13.9. The summed E-state index contributed by atoms with van der Waals surface area (Å²) in [5.74, 6) is 0.921. The van der Waals surface area contributed by atoms with Crippen LogP contribution in [0.3, 0.4) is 0 Å². The summed E-state index contributed by atoms with van der Waals surface area (Å²) in [6, 6.07) is 12.6. The van der Waals surface area contributed by atoms with E-state index in [0.29, 0.717) is 6.10 Å². The van der Waals surface area contributed by atoms with Gasteiger partial charge in [-0.1, -0.05) is 46.3 Å². The molecule has 1 fully saturated rings. The molecule has 3 rings (SSSR count). The predicted molar refractivity (Wildman–Crippen MR) is 85.7 cm³/mol. The topological polar surface area (TPSA) is 18.5 Å². The molecule has 0 aliphatic carbocycles. The maximum absolute atomic E-state index is 6.00. The van der Waals surface area contributed by atoms with Gasteiger partial charge in [0.05, 0.1) is 24.1 Å². The SMILES string of the molecule is COc1ccc(C(Br)C2CCC(C)O2)c2ccccc12. The third kappa shape index (κ3) is 2.45. The summed E-state index contributed by atoms with van der Waals surface area (Å²) in [5, 5.41) is 2.39. The minimum atomic E-state index is 0.225. The molecule has 0 spiro atoms. The quantitative estimate of drug-likeness (QED) is 0.747. The normalized spacial score (nSPS) is 23.9. The molecule has 2 aromatic carbocycles. The fraction of sp³-hybridized carbons (Fsp3) is 0.412. The highest BCUT2D eigenvalue weighted by Crippen LogP contribution is 2.40. The van der Waals surface area contributed by atoms with Gasteiger partial charge in [0, 0.05) is 5.39 Å². The number of benzene rings is 2. The lowest BCUT2D eigenvalue weighted by Crippen LogP contribution is -2.14. The molecule has 0 saturated carbocycles. The minimum Gasteiger partial charge on any atom is -0.496 e. The van der Waals surface area contributed by atoms with Gasteiger partial charge in [-0.15, -0.1) is 0 Å². The highest BCUT2D eigenvalue weighted by atomic mass is 79.9. The molecule has 2 nitrogen and oxygen atoms in total. The number of rotatable bonds is 3. The van der Waals surface area contributed by atoms with Crippen LogP contribution in [-0.4, -0.2) is 19.3 Å². The van der Waals surface area contributed by atoms with Gasteiger partial charge in [0.25, 0.3) is 0 Å². The Bertz CT molecular complexity index is 611. The Labute approximate surface area is 128 Å². The Morgan fingerprint density at radius 3 is 2.55 bits per heavy atom. The number of fused-ring (bicyclic) bond motifs is 1. The van der Waals surface area contributed by atoms with Crippen molar-refractivity contribution in [2.24, 2.45) is 0 Å². The molecule has 1 aliphatic heterocycles. The van der Waals surface area contributed by atoms with E-state index in [9.17, 15) is 0 Å². The van der Waals surface area contributed by atoms with Gasteiger partial charge < -0.3 is 9.47 Å². The molecule has 2 aromatic rings. The fourth-order valence-electron chi connectivity index (χ4n) is 2.96. The van der Waals surface area contributed by atoms with Crippen LogP contribution in [0.1, 0.15) is 30.2 Å². The lowest BCUT2D eigenvalue weighted by atomic mass is 9.98. The van der Waals surface area contributed by atoms with Crippen molar-refractivity contribution in [3.63, 3.8) is 0 Å². The van der Waals surface area contributed by atoms with Crippen molar-refractivity contribution < 1.29 is 9.47 Å². The summed E-state index contributed by atoms with van der Waals surface area (Å²) in [6.45, 7) is 2.14. The van der Waals surface area contributed by atoms with Crippen molar-refractivity contribution in [1.29, 1.82) is 0 Å². The van der Waals surface area contributed by atoms with E-state index in [4.69, 9.17) is 9.47 Å². The number of alkyl halides is 1. The van der Waals surface area contributed by atoms with Gasteiger partial charge in [0.15, 0.2) is 0 Å². The van der Waals surface area contributed by atoms with E-state index in [1.54, 1.807) is 7.11 Å². The van der Waals surface area contributed by atoms with Gasteiger partial charge >= 0.3 is 0 Å². The van der Waals surface area contributed by atoms with E-state index in [0.717, 1.165) is 24.0 Å². The predicted octanol–water partition coefficient (Wildman–Crippen LogP) is 4.85. The third-order valence-corrected chi connectivity index (χ3v) is 5.11. The van der Waals surface area contributed by atoms with Gasteiger partial charge in [-0.25, -0.2) is 0 Å². The average Bonchev–Trinajstić information content (AvgIpc) is 2.92. The summed E-state index contributed by atoms with van der Waals surface area (Å²) in [4.78, 5) is 0.225. The van der Waals surface area contributed by atoms with Crippen LogP contribution >= 0.6 is 15.9 Å². The second-order valence-corrected chi connectivity index (χ2v) is 6.35. The summed E-state index contributed by atoms with van der Waals surface area (Å²) in [7, 11) is 1.72.